The molecule has 1 aliphatic rings. The SMILES string of the molecule is CC1C(=O)NCC(=O)N1Cc1cnn(C)c1. The highest BCUT2D eigenvalue weighted by Gasteiger charge is 2.30. The molecule has 2 amide bonds. The predicted molar refractivity (Wildman–Crippen MR) is 56.2 cm³/mol. The molecule has 1 fully saturated rings. The Bertz CT molecular complexity index is 426. The maximum atomic E-state index is 11.6. The summed E-state index contributed by atoms with van der Waals surface area (Å²) in [7, 11) is 1.82. The molecule has 0 spiro atoms. The number of hydrogen-bond donors (Lipinski definition) is 1. The van der Waals surface area contributed by atoms with Gasteiger partial charge in [-0.05, 0) is 6.92 Å². The molecular weight excluding hydrogens is 208 g/mol. The predicted octanol–water partition coefficient (Wildman–Crippen LogP) is -0.733. The van der Waals surface area contributed by atoms with E-state index >= 15 is 0 Å². The van der Waals surface area contributed by atoms with Crippen molar-refractivity contribution >= 4 is 11.8 Å². The Labute approximate surface area is 93.2 Å². The van der Waals surface area contributed by atoms with E-state index in [1.165, 1.54) is 0 Å². The van der Waals surface area contributed by atoms with E-state index in [1.54, 1.807) is 22.7 Å². The molecule has 0 saturated carbocycles. The molecular formula is C10H14N4O2. The highest BCUT2D eigenvalue weighted by atomic mass is 16.2. The lowest BCUT2D eigenvalue weighted by Crippen LogP contribution is -2.56. The van der Waals surface area contributed by atoms with Crippen LogP contribution in [-0.2, 0) is 23.2 Å². The number of rotatable bonds is 2. The Kier molecular flexibility index (Phi) is 2.64. The van der Waals surface area contributed by atoms with Crippen LogP contribution in [0.1, 0.15) is 12.5 Å². The highest BCUT2D eigenvalue weighted by Crippen LogP contribution is 2.10. The van der Waals surface area contributed by atoms with E-state index in [-0.39, 0.29) is 18.4 Å². The van der Waals surface area contributed by atoms with Gasteiger partial charge in [0.2, 0.25) is 11.8 Å². The van der Waals surface area contributed by atoms with Crippen molar-refractivity contribution in [3.05, 3.63) is 18.0 Å². The molecule has 1 aromatic rings. The van der Waals surface area contributed by atoms with Crippen molar-refractivity contribution in [1.29, 1.82) is 0 Å². The third-order valence-electron chi connectivity index (χ3n) is 2.69. The van der Waals surface area contributed by atoms with E-state index in [4.69, 9.17) is 0 Å². The van der Waals surface area contributed by atoms with Crippen molar-refractivity contribution in [2.75, 3.05) is 6.54 Å². The average molecular weight is 222 g/mol. The Morgan fingerprint density at radius 2 is 2.31 bits per heavy atom. The molecule has 16 heavy (non-hydrogen) atoms. The standard InChI is InChI=1S/C10H14N4O2/c1-7-10(16)11-4-9(15)14(7)6-8-3-12-13(2)5-8/h3,5,7H,4,6H2,1-2H3,(H,11,16). The Hall–Kier alpha value is -1.85. The summed E-state index contributed by atoms with van der Waals surface area (Å²) in [4.78, 5) is 24.6. The van der Waals surface area contributed by atoms with Crippen molar-refractivity contribution < 1.29 is 9.59 Å². The third-order valence-corrected chi connectivity index (χ3v) is 2.69. The normalized spacial score (nSPS) is 21.1. The number of carbonyl (C=O) groups excluding carboxylic acids is 2. The monoisotopic (exact) mass is 222 g/mol. The molecule has 1 aliphatic heterocycles. The topological polar surface area (TPSA) is 67.2 Å². The molecule has 1 atom stereocenters. The summed E-state index contributed by atoms with van der Waals surface area (Å²) >= 11 is 0. The van der Waals surface area contributed by atoms with Gasteiger partial charge in [0.05, 0.1) is 12.7 Å². The van der Waals surface area contributed by atoms with Gasteiger partial charge in [0, 0.05) is 25.4 Å². The molecule has 6 heteroatoms. The maximum absolute atomic E-state index is 11.6. The first-order valence-corrected chi connectivity index (χ1v) is 5.12. The molecule has 0 aliphatic carbocycles. The fraction of sp³-hybridized carbons (Fsp3) is 0.500. The number of nitrogens with zero attached hydrogens (tertiary/aromatic N) is 3. The van der Waals surface area contributed by atoms with Gasteiger partial charge < -0.3 is 10.2 Å². The van der Waals surface area contributed by atoms with Gasteiger partial charge in [0.15, 0.2) is 0 Å². The van der Waals surface area contributed by atoms with E-state index < -0.39 is 6.04 Å². The van der Waals surface area contributed by atoms with Crippen molar-refractivity contribution in [2.45, 2.75) is 19.5 Å². The van der Waals surface area contributed by atoms with Crippen molar-refractivity contribution in [2.24, 2.45) is 7.05 Å². The summed E-state index contributed by atoms with van der Waals surface area (Å²) in [5, 5.41) is 6.58. The van der Waals surface area contributed by atoms with Crippen LogP contribution in [0.5, 0.6) is 0 Å². The van der Waals surface area contributed by atoms with Crippen LogP contribution in [0, 0.1) is 0 Å². The molecule has 1 saturated heterocycles. The largest absolute Gasteiger partial charge is 0.345 e. The highest BCUT2D eigenvalue weighted by molar-refractivity contribution is 5.94. The van der Waals surface area contributed by atoms with Crippen LogP contribution in [0.4, 0.5) is 0 Å². The Morgan fingerprint density at radius 3 is 2.94 bits per heavy atom. The van der Waals surface area contributed by atoms with Crippen molar-refractivity contribution in [1.82, 2.24) is 20.0 Å². The Balaban J connectivity index is 2.12. The lowest BCUT2D eigenvalue weighted by atomic mass is 10.2. The van der Waals surface area contributed by atoms with Crippen LogP contribution in [0.2, 0.25) is 0 Å². The zero-order chi connectivity index (χ0) is 11.7. The van der Waals surface area contributed by atoms with E-state index in [0.717, 1.165) is 5.56 Å². The number of aryl methyl sites for hydroxylation is 1. The van der Waals surface area contributed by atoms with Crippen LogP contribution in [-0.4, -0.2) is 39.1 Å². The summed E-state index contributed by atoms with van der Waals surface area (Å²) in [6.45, 7) is 2.24. The number of piperazine rings is 1. The van der Waals surface area contributed by atoms with Gasteiger partial charge in [-0.2, -0.15) is 5.10 Å². The number of carbonyl (C=O) groups is 2. The van der Waals surface area contributed by atoms with Crippen LogP contribution < -0.4 is 5.32 Å². The molecule has 1 unspecified atom stereocenters. The lowest BCUT2D eigenvalue weighted by molar-refractivity contribution is -0.145. The maximum Gasteiger partial charge on any atom is 0.242 e. The third kappa shape index (κ3) is 1.91. The first-order valence-electron chi connectivity index (χ1n) is 5.12. The van der Waals surface area contributed by atoms with Crippen molar-refractivity contribution in [3.63, 3.8) is 0 Å². The molecule has 2 heterocycles. The molecule has 2 rings (SSSR count). The van der Waals surface area contributed by atoms with Crippen molar-refractivity contribution in [3.8, 4) is 0 Å². The average Bonchev–Trinajstić information content (AvgIpc) is 2.65. The number of nitrogens with one attached hydrogen (secondary N) is 1. The van der Waals surface area contributed by atoms with Crippen LogP contribution >= 0.6 is 0 Å². The van der Waals surface area contributed by atoms with Gasteiger partial charge in [0.1, 0.15) is 6.04 Å². The fourth-order valence-electron chi connectivity index (χ4n) is 1.74. The van der Waals surface area contributed by atoms with E-state index in [9.17, 15) is 9.59 Å². The molecule has 0 radical (unpaired) electrons. The second-order valence-electron chi connectivity index (χ2n) is 3.94. The summed E-state index contributed by atoms with van der Waals surface area (Å²) in [5.41, 5.74) is 0.928. The van der Waals surface area contributed by atoms with Crippen LogP contribution in [0.25, 0.3) is 0 Å². The molecule has 0 bridgehead atoms. The minimum atomic E-state index is -0.415. The van der Waals surface area contributed by atoms with E-state index in [1.807, 2.05) is 13.2 Å². The summed E-state index contributed by atoms with van der Waals surface area (Å²) < 4.78 is 1.68. The van der Waals surface area contributed by atoms with Gasteiger partial charge in [-0.3, -0.25) is 14.3 Å². The summed E-state index contributed by atoms with van der Waals surface area (Å²) in [5.74, 6) is -0.167. The first kappa shape index (κ1) is 10.7. The minimum absolute atomic E-state index is 0.0593. The van der Waals surface area contributed by atoms with E-state index in [0.29, 0.717) is 6.54 Å². The summed E-state index contributed by atoms with van der Waals surface area (Å²) in [6.07, 6.45) is 3.54. The van der Waals surface area contributed by atoms with Gasteiger partial charge in [-0.15, -0.1) is 0 Å². The molecule has 1 N–H and O–H groups in total. The second kappa shape index (κ2) is 3.96. The first-order chi connectivity index (χ1) is 7.58. The zero-order valence-corrected chi connectivity index (χ0v) is 9.30. The van der Waals surface area contributed by atoms with Gasteiger partial charge >= 0.3 is 0 Å². The van der Waals surface area contributed by atoms with Gasteiger partial charge in [-0.1, -0.05) is 0 Å². The summed E-state index contributed by atoms with van der Waals surface area (Å²) in [6, 6.07) is -0.415. The quantitative estimate of drug-likeness (QED) is 0.717. The molecule has 0 aromatic carbocycles. The van der Waals surface area contributed by atoms with Crippen LogP contribution in [0.3, 0.4) is 0 Å². The zero-order valence-electron chi connectivity index (χ0n) is 9.30. The van der Waals surface area contributed by atoms with Crippen LogP contribution in [0.15, 0.2) is 12.4 Å². The minimum Gasteiger partial charge on any atom is -0.345 e. The smallest absolute Gasteiger partial charge is 0.242 e. The molecule has 6 nitrogen and oxygen atoms in total. The van der Waals surface area contributed by atoms with Gasteiger partial charge in [0.25, 0.3) is 0 Å². The molecule has 86 valence electrons. The second-order valence-corrected chi connectivity index (χ2v) is 3.94. The fourth-order valence-corrected chi connectivity index (χ4v) is 1.74. The number of amides is 2. The Morgan fingerprint density at radius 1 is 1.56 bits per heavy atom. The number of hydrogen-bond acceptors (Lipinski definition) is 3. The van der Waals surface area contributed by atoms with Gasteiger partial charge in [-0.25, -0.2) is 0 Å². The van der Waals surface area contributed by atoms with E-state index in [2.05, 4.69) is 10.4 Å². The lowest BCUT2D eigenvalue weighted by Gasteiger charge is -2.32. The number of aromatic nitrogens is 2. The molecule has 1 aromatic heterocycles.